The van der Waals surface area contributed by atoms with Crippen LogP contribution in [0.2, 0.25) is 0 Å². The van der Waals surface area contributed by atoms with Crippen molar-refractivity contribution in [3.63, 3.8) is 0 Å². The first kappa shape index (κ1) is 17.1. The molecular weight excluding hydrogens is 348 g/mol. The summed E-state index contributed by atoms with van der Waals surface area (Å²) in [5, 5.41) is 3.07. The van der Waals surface area contributed by atoms with E-state index in [0.29, 0.717) is 28.1 Å². The van der Waals surface area contributed by atoms with Crippen LogP contribution in [-0.4, -0.2) is 31.7 Å². The molecule has 0 heterocycles. The Hall–Kier alpha value is -1.27. The number of hydrogen-bond donors (Lipinski definition) is 2. The van der Waals surface area contributed by atoms with Gasteiger partial charge in [0.2, 0.25) is 0 Å². The SMILES string of the molecule is CCOc1c(Br)cc(C(=O)NC2CCC(N)CC2)cc1OC. The van der Waals surface area contributed by atoms with Gasteiger partial charge in [0.15, 0.2) is 11.5 Å². The topological polar surface area (TPSA) is 73.6 Å². The van der Waals surface area contributed by atoms with Gasteiger partial charge in [-0.25, -0.2) is 0 Å². The van der Waals surface area contributed by atoms with Crippen LogP contribution < -0.4 is 20.5 Å². The highest BCUT2D eigenvalue weighted by Gasteiger charge is 2.22. The second kappa shape index (κ2) is 7.83. The molecule has 6 heteroatoms. The summed E-state index contributed by atoms with van der Waals surface area (Å²) in [4.78, 5) is 12.4. The second-order valence-electron chi connectivity index (χ2n) is 5.51. The summed E-state index contributed by atoms with van der Waals surface area (Å²) in [7, 11) is 1.56. The summed E-state index contributed by atoms with van der Waals surface area (Å²) in [6, 6.07) is 3.94. The molecule has 3 N–H and O–H groups in total. The van der Waals surface area contributed by atoms with Gasteiger partial charge in [-0.15, -0.1) is 0 Å². The Morgan fingerprint density at radius 3 is 2.64 bits per heavy atom. The van der Waals surface area contributed by atoms with Gasteiger partial charge in [-0.1, -0.05) is 0 Å². The predicted octanol–water partition coefficient (Wildman–Crippen LogP) is 2.86. The van der Waals surface area contributed by atoms with Crippen LogP contribution in [-0.2, 0) is 0 Å². The van der Waals surface area contributed by atoms with E-state index in [1.807, 2.05) is 6.92 Å². The molecule has 0 spiro atoms. The normalized spacial score (nSPS) is 21.3. The molecule has 1 aliphatic rings. The molecule has 5 nitrogen and oxygen atoms in total. The molecular formula is C16H23BrN2O3. The fourth-order valence-corrected chi connectivity index (χ4v) is 3.22. The number of benzene rings is 1. The molecule has 0 radical (unpaired) electrons. The minimum absolute atomic E-state index is 0.0949. The number of nitrogens with two attached hydrogens (primary N) is 1. The summed E-state index contributed by atoms with van der Waals surface area (Å²) in [6.07, 6.45) is 3.78. The molecule has 22 heavy (non-hydrogen) atoms. The van der Waals surface area contributed by atoms with Crippen molar-refractivity contribution >= 4 is 21.8 Å². The van der Waals surface area contributed by atoms with Crippen molar-refractivity contribution < 1.29 is 14.3 Å². The lowest BCUT2D eigenvalue weighted by Crippen LogP contribution is -2.40. The number of hydrogen-bond acceptors (Lipinski definition) is 4. The van der Waals surface area contributed by atoms with E-state index in [1.165, 1.54) is 0 Å². The molecule has 1 fully saturated rings. The number of carbonyl (C=O) groups excluding carboxylic acids is 1. The molecule has 1 aromatic rings. The molecule has 1 amide bonds. The highest BCUT2D eigenvalue weighted by molar-refractivity contribution is 9.10. The van der Waals surface area contributed by atoms with Crippen molar-refractivity contribution in [1.29, 1.82) is 0 Å². The summed E-state index contributed by atoms with van der Waals surface area (Å²) in [5.41, 5.74) is 6.45. The number of methoxy groups -OCH3 is 1. The van der Waals surface area contributed by atoms with Gasteiger partial charge < -0.3 is 20.5 Å². The second-order valence-corrected chi connectivity index (χ2v) is 6.36. The average molecular weight is 371 g/mol. The molecule has 122 valence electrons. The van der Waals surface area contributed by atoms with Gasteiger partial charge in [0.05, 0.1) is 18.2 Å². The Labute approximate surface area is 139 Å². The van der Waals surface area contributed by atoms with E-state index in [9.17, 15) is 4.79 Å². The number of carbonyl (C=O) groups is 1. The van der Waals surface area contributed by atoms with Gasteiger partial charge in [-0.2, -0.15) is 0 Å². The molecule has 0 unspecified atom stereocenters. The number of halogens is 1. The standard InChI is InChI=1S/C16H23BrN2O3/c1-3-22-15-13(17)8-10(9-14(15)21-2)16(20)19-12-6-4-11(18)5-7-12/h8-9,11-12H,3-7,18H2,1-2H3,(H,19,20). The van der Waals surface area contributed by atoms with Crippen LogP contribution in [0.25, 0.3) is 0 Å². The van der Waals surface area contributed by atoms with Gasteiger partial charge in [0.25, 0.3) is 5.91 Å². The Kier molecular flexibility index (Phi) is 6.08. The molecule has 0 bridgehead atoms. The number of nitrogens with one attached hydrogen (secondary N) is 1. The van der Waals surface area contributed by atoms with Gasteiger partial charge in [-0.3, -0.25) is 4.79 Å². The Morgan fingerprint density at radius 1 is 1.36 bits per heavy atom. The third kappa shape index (κ3) is 4.14. The zero-order valence-corrected chi connectivity index (χ0v) is 14.6. The Balaban J connectivity index is 2.11. The van der Waals surface area contributed by atoms with E-state index in [4.69, 9.17) is 15.2 Å². The highest BCUT2D eigenvalue weighted by Crippen LogP contribution is 2.36. The summed E-state index contributed by atoms with van der Waals surface area (Å²) < 4.78 is 11.6. The van der Waals surface area contributed by atoms with Crippen LogP contribution in [0.15, 0.2) is 16.6 Å². The molecule has 1 saturated carbocycles. The van der Waals surface area contributed by atoms with E-state index >= 15 is 0 Å². The van der Waals surface area contributed by atoms with Gasteiger partial charge in [0, 0.05) is 17.6 Å². The van der Waals surface area contributed by atoms with Crippen molar-refractivity contribution in [1.82, 2.24) is 5.32 Å². The van der Waals surface area contributed by atoms with Crippen LogP contribution in [0.5, 0.6) is 11.5 Å². The van der Waals surface area contributed by atoms with Gasteiger partial charge >= 0.3 is 0 Å². The molecule has 0 aromatic heterocycles. The minimum Gasteiger partial charge on any atom is -0.493 e. The Morgan fingerprint density at radius 2 is 2.05 bits per heavy atom. The van der Waals surface area contributed by atoms with E-state index < -0.39 is 0 Å². The summed E-state index contributed by atoms with van der Waals surface area (Å²) in [6.45, 7) is 2.43. The Bertz CT molecular complexity index is 528. The van der Waals surface area contributed by atoms with Crippen molar-refractivity contribution in [2.75, 3.05) is 13.7 Å². The van der Waals surface area contributed by atoms with Crippen molar-refractivity contribution in [3.05, 3.63) is 22.2 Å². The third-order valence-corrected chi connectivity index (χ3v) is 4.48. The van der Waals surface area contributed by atoms with E-state index in [-0.39, 0.29) is 18.0 Å². The molecule has 0 atom stereocenters. The van der Waals surface area contributed by atoms with Crippen molar-refractivity contribution in [2.45, 2.75) is 44.7 Å². The van der Waals surface area contributed by atoms with Crippen LogP contribution in [0.3, 0.4) is 0 Å². The zero-order chi connectivity index (χ0) is 16.1. The van der Waals surface area contributed by atoms with Crippen LogP contribution in [0, 0.1) is 0 Å². The van der Waals surface area contributed by atoms with Gasteiger partial charge in [-0.05, 0) is 60.7 Å². The largest absolute Gasteiger partial charge is 0.493 e. The monoisotopic (exact) mass is 370 g/mol. The first-order chi connectivity index (χ1) is 10.5. The quantitative estimate of drug-likeness (QED) is 0.835. The van der Waals surface area contributed by atoms with E-state index in [2.05, 4.69) is 21.2 Å². The highest BCUT2D eigenvalue weighted by atomic mass is 79.9. The first-order valence-electron chi connectivity index (χ1n) is 7.62. The molecule has 0 saturated heterocycles. The van der Waals surface area contributed by atoms with Crippen LogP contribution >= 0.6 is 15.9 Å². The smallest absolute Gasteiger partial charge is 0.251 e. The maximum Gasteiger partial charge on any atom is 0.251 e. The minimum atomic E-state index is -0.0949. The maximum absolute atomic E-state index is 12.4. The van der Waals surface area contributed by atoms with Crippen LogP contribution in [0.1, 0.15) is 43.0 Å². The first-order valence-corrected chi connectivity index (χ1v) is 8.41. The van der Waals surface area contributed by atoms with Gasteiger partial charge in [0.1, 0.15) is 0 Å². The maximum atomic E-state index is 12.4. The lowest BCUT2D eigenvalue weighted by atomic mass is 9.91. The van der Waals surface area contributed by atoms with Crippen LogP contribution in [0.4, 0.5) is 0 Å². The fraction of sp³-hybridized carbons (Fsp3) is 0.562. The number of rotatable bonds is 5. The predicted molar refractivity (Wildman–Crippen MR) is 89.6 cm³/mol. The third-order valence-electron chi connectivity index (χ3n) is 3.89. The lowest BCUT2D eigenvalue weighted by Gasteiger charge is -2.27. The zero-order valence-electron chi connectivity index (χ0n) is 13.0. The summed E-state index contributed by atoms with van der Waals surface area (Å²) in [5.74, 6) is 1.07. The molecule has 1 aliphatic carbocycles. The average Bonchev–Trinajstić information content (AvgIpc) is 2.51. The lowest BCUT2D eigenvalue weighted by molar-refractivity contribution is 0.0925. The van der Waals surface area contributed by atoms with Crippen molar-refractivity contribution in [2.24, 2.45) is 5.73 Å². The molecule has 2 rings (SSSR count). The summed E-state index contributed by atoms with van der Waals surface area (Å²) >= 11 is 3.44. The van der Waals surface area contributed by atoms with E-state index in [0.717, 1.165) is 25.7 Å². The fourth-order valence-electron chi connectivity index (χ4n) is 2.67. The van der Waals surface area contributed by atoms with Crippen molar-refractivity contribution in [3.8, 4) is 11.5 Å². The number of amides is 1. The number of ether oxygens (including phenoxy) is 2. The van der Waals surface area contributed by atoms with E-state index in [1.54, 1.807) is 19.2 Å². The molecule has 1 aromatic carbocycles. The molecule has 0 aliphatic heterocycles.